The summed E-state index contributed by atoms with van der Waals surface area (Å²) >= 11 is 0. The normalized spacial score (nSPS) is 11.3. The Labute approximate surface area is 115 Å². The topological polar surface area (TPSA) is 39.2 Å². The fraction of sp³-hybridized carbons (Fsp3) is 0.0769. The number of ketones is 1. The van der Waals surface area contributed by atoms with Crippen LogP contribution in [0, 0.1) is 11.6 Å². The minimum absolute atomic E-state index is 0.187. The number of halogens is 5. The molecule has 0 N–H and O–H groups in total. The van der Waals surface area contributed by atoms with Crippen LogP contribution in [0.1, 0.15) is 15.9 Å². The number of nitrogens with zero attached hydrogens (tertiary/aromatic N) is 1. The summed E-state index contributed by atoms with van der Waals surface area (Å²) in [5, 5.41) is 0. The summed E-state index contributed by atoms with van der Waals surface area (Å²) in [6.07, 6.45) is -3.54. The lowest BCUT2D eigenvalue weighted by Gasteiger charge is -2.09. The number of hydrogen-bond donors (Lipinski definition) is 0. The van der Waals surface area contributed by atoms with Crippen LogP contribution in [0.2, 0.25) is 0 Å². The lowest BCUT2D eigenvalue weighted by atomic mass is 10.0. The Bertz CT molecular complexity index is 647. The van der Waals surface area contributed by atoms with Crippen LogP contribution in [-0.2, 0) is 0 Å². The van der Waals surface area contributed by atoms with E-state index in [1.54, 1.807) is 0 Å². The quantitative estimate of drug-likeness (QED) is 0.643. The molecular formula is C13H6F5NO2. The molecular weight excluding hydrogens is 297 g/mol. The molecule has 0 saturated heterocycles. The van der Waals surface area contributed by atoms with Gasteiger partial charge in [0.2, 0.25) is 0 Å². The predicted octanol–water partition coefficient (Wildman–Crippen LogP) is 3.49. The van der Waals surface area contributed by atoms with Crippen molar-refractivity contribution in [1.82, 2.24) is 4.98 Å². The van der Waals surface area contributed by atoms with Gasteiger partial charge >= 0.3 is 6.36 Å². The lowest BCUT2D eigenvalue weighted by Crippen LogP contribution is -2.17. The molecule has 0 aliphatic carbocycles. The summed E-state index contributed by atoms with van der Waals surface area (Å²) in [5.74, 6) is -3.87. The summed E-state index contributed by atoms with van der Waals surface area (Å²) in [6.45, 7) is 0. The Balaban J connectivity index is 2.29. The number of ether oxygens (including phenoxy) is 1. The van der Waals surface area contributed by atoms with Crippen molar-refractivity contribution in [2.75, 3.05) is 0 Å². The zero-order valence-electron chi connectivity index (χ0n) is 10.1. The molecule has 0 radical (unpaired) electrons. The summed E-state index contributed by atoms with van der Waals surface area (Å²) in [5.41, 5.74) is -1.01. The van der Waals surface area contributed by atoms with Crippen LogP contribution in [-0.4, -0.2) is 17.1 Å². The van der Waals surface area contributed by atoms with Crippen molar-refractivity contribution in [3.8, 4) is 5.75 Å². The highest BCUT2D eigenvalue weighted by Crippen LogP contribution is 2.24. The maximum atomic E-state index is 13.4. The summed E-state index contributed by atoms with van der Waals surface area (Å²) in [7, 11) is 0. The average Bonchev–Trinajstić information content (AvgIpc) is 2.37. The summed E-state index contributed by atoms with van der Waals surface area (Å²) in [6, 6.07) is 3.70. The van der Waals surface area contributed by atoms with Gasteiger partial charge in [0.15, 0.2) is 17.4 Å². The highest BCUT2D eigenvalue weighted by molar-refractivity contribution is 6.09. The average molecular weight is 303 g/mol. The van der Waals surface area contributed by atoms with Gasteiger partial charge in [-0.1, -0.05) is 0 Å². The van der Waals surface area contributed by atoms with E-state index in [4.69, 9.17) is 0 Å². The van der Waals surface area contributed by atoms with E-state index in [2.05, 4.69) is 9.72 Å². The zero-order valence-corrected chi connectivity index (χ0v) is 10.1. The molecule has 0 saturated carbocycles. The number of alkyl halides is 3. The van der Waals surface area contributed by atoms with Gasteiger partial charge in [0.25, 0.3) is 0 Å². The van der Waals surface area contributed by atoms with E-state index in [0.717, 1.165) is 24.3 Å². The van der Waals surface area contributed by atoms with Crippen LogP contribution < -0.4 is 4.74 Å². The SMILES string of the molecule is O=C(c1ccc(OC(F)(F)F)cc1)c1c(F)cncc1F. The molecule has 0 spiro atoms. The van der Waals surface area contributed by atoms with E-state index in [-0.39, 0.29) is 5.56 Å². The lowest BCUT2D eigenvalue weighted by molar-refractivity contribution is -0.274. The van der Waals surface area contributed by atoms with Gasteiger partial charge in [-0.25, -0.2) is 8.78 Å². The summed E-state index contributed by atoms with van der Waals surface area (Å²) in [4.78, 5) is 15.1. The fourth-order valence-electron chi connectivity index (χ4n) is 1.58. The largest absolute Gasteiger partial charge is 0.573 e. The van der Waals surface area contributed by atoms with Gasteiger partial charge in [0.1, 0.15) is 5.75 Å². The molecule has 0 atom stereocenters. The fourth-order valence-corrected chi connectivity index (χ4v) is 1.58. The number of pyridine rings is 1. The standard InChI is InChI=1S/C13H6F5NO2/c14-9-5-19-6-10(15)11(9)12(20)7-1-3-8(4-2-7)21-13(16,17)18/h1-6H. The minimum Gasteiger partial charge on any atom is -0.406 e. The van der Waals surface area contributed by atoms with Crippen molar-refractivity contribution >= 4 is 5.78 Å². The van der Waals surface area contributed by atoms with Crippen LogP contribution in [0.4, 0.5) is 22.0 Å². The third-order valence-electron chi connectivity index (χ3n) is 2.43. The monoisotopic (exact) mass is 303 g/mol. The molecule has 2 rings (SSSR count). The van der Waals surface area contributed by atoms with Crippen LogP contribution in [0.25, 0.3) is 0 Å². The van der Waals surface area contributed by atoms with Crippen molar-refractivity contribution in [3.05, 3.63) is 59.4 Å². The Morgan fingerprint density at radius 1 is 1.00 bits per heavy atom. The second-order valence-electron chi connectivity index (χ2n) is 3.88. The maximum Gasteiger partial charge on any atom is 0.573 e. The third kappa shape index (κ3) is 3.53. The highest BCUT2D eigenvalue weighted by atomic mass is 19.4. The Kier molecular flexibility index (Phi) is 3.88. The Morgan fingerprint density at radius 2 is 1.52 bits per heavy atom. The van der Waals surface area contributed by atoms with E-state index in [1.165, 1.54) is 0 Å². The van der Waals surface area contributed by atoms with Crippen LogP contribution in [0.3, 0.4) is 0 Å². The molecule has 0 unspecified atom stereocenters. The zero-order chi connectivity index (χ0) is 15.6. The number of hydrogen-bond acceptors (Lipinski definition) is 3. The predicted molar refractivity (Wildman–Crippen MR) is 60.7 cm³/mol. The molecule has 0 aliphatic rings. The number of carbonyl (C=O) groups excluding carboxylic acids is 1. The minimum atomic E-state index is -4.87. The molecule has 0 amide bonds. The second-order valence-corrected chi connectivity index (χ2v) is 3.88. The first-order valence-corrected chi connectivity index (χ1v) is 5.47. The van der Waals surface area contributed by atoms with E-state index in [0.29, 0.717) is 12.4 Å². The van der Waals surface area contributed by atoms with E-state index in [9.17, 15) is 26.7 Å². The van der Waals surface area contributed by atoms with Gasteiger partial charge in [0.05, 0.1) is 18.0 Å². The molecule has 1 aromatic heterocycles. The first-order chi connectivity index (χ1) is 9.78. The molecule has 1 heterocycles. The van der Waals surface area contributed by atoms with Gasteiger partial charge in [-0.3, -0.25) is 9.78 Å². The van der Waals surface area contributed by atoms with Crippen LogP contribution in [0.5, 0.6) is 5.75 Å². The molecule has 21 heavy (non-hydrogen) atoms. The van der Waals surface area contributed by atoms with Crippen molar-refractivity contribution < 1.29 is 31.5 Å². The number of benzene rings is 1. The first-order valence-electron chi connectivity index (χ1n) is 5.47. The van der Waals surface area contributed by atoms with E-state index < -0.39 is 35.1 Å². The molecule has 1 aromatic carbocycles. The molecule has 110 valence electrons. The summed E-state index contributed by atoms with van der Waals surface area (Å²) < 4.78 is 66.3. The molecule has 0 fully saturated rings. The van der Waals surface area contributed by atoms with Crippen LogP contribution in [0.15, 0.2) is 36.7 Å². The van der Waals surface area contributed by atoms with Crippen LogP contribution >= 0.6 is 0 Å². The van der Waals surface area contributed by atoms with Gasteiger partial charge in [0, 0.05) is 5.56 Å². The van der Waals surface area contributed by atoms with E-state index >= 15 is 0 Å². The molecule has 0 aliphatic heterocycles. The van der Waals surface area contributed by atoms with Crippen molar-refractivity contribution in [1.29, 1.82) is 0 Å². The Hall–Kier alpha value is -2.51. The smallest absolute Gasteiger partial charge is 0.406 e. The van der Waals surface area contributed by atoms with E-state index in [1.807, 2.05) is 0 Å². The van der Waals surface area contributed by atoms with Gasteiger partial charge in [-0.2, -0.15) is 0 Å². The molecule has 0 bridgehead atoms. The molecule has 3 nitrogen and oxygen atoms in total. The second kappa shape index (κ2) is 5.47. The number of aromatic nitrogens is 1. The van der Waals surface area contributed by atoms with Gasteiger partial charge in [-0.15, -0.1) is 13.2 Å². The third-order valence-corrected chi connectivity index (χ3v) is 2.43. The van der Waals surface area contributed by atoms with Crippen molar-refractivity contribution in [2.45, 2.75) is 6.36 Å². The van der Waals surface area contributed by atoms with Crippen molar-refractivity contribution in [2.24, 2.45) is 0 Å². The molecule has 8 heteroatoms. The molecule has 2 aromatic rings. The van der Waals surface area contributed by atoms with Gasteiger partial charge in [-0.05, 0) is 24.3 Å². The number of rotatable bonds is 3. The Morgan fingerprint density at radius 3 is 2.00 bits per heavy atom. The van der Waals surface area contributed by atoms with Crippen molar-refractivity contribution in [3.63, 3.8) is 0 Å². The first kappa shape index (κ1) is 14.9. The highest BCUT2D eigenvalue weighted by Gasteiger charge is 2.31. The maximum absolute atomic E-state index is 13.4. The van der Waals surface area contributed by atoms with Gasteiger partial charge < -0.3 is 4.74 Å². The number of carbonyl (C=O) groups is 1.